The standard InChI is InChI=1S/C10H14F2N2O2S/c1-6-5-7(16-10(11)12)8(17-6)9(15)14-4-2-3-13/h5,10H,2-4,13H2,1H3,(H,14,15). The third-order valence-corrected chi connectivity index (χ3v) is 2.94. The highest BCUT2D eigenvalue weighted by atomic mass is 32.1. The maximum Gasteiger partial charge on any atom is 0.387 e. The van der Waals surface area contributed by atoms with Gasteiger partial charge in [0, 0.05) is 11.4 Å². The zero-order valence-corrected chi connectivity index (χ0v) is 10.2. The molecule has 96 valence electrons. The third-order valence-electron chi connectivity index (χ3n) is 1.91. The summed E-state index contributed by atoms with van der Waals surface area (Å²) >= 11 is 1.12. The highest BCUT2D eigenvalue weighted by Gasteiger charge is 2.18. The molecule has 0 saturated carbocycles. The van der Waals surface area contributed by atoms with Gasteiger partial charge in [0.05, 0.1) is 0 Å². The van der Waals surface area contributed by atoms with E-state index in [1.165, 1.54) is 6.07 Å². The zero-order chi connectivity index (χ0) is 12.8. The Kier molecular flexibility index (Phi) is 5.30. The van der Waals surface area contributed by atoms with Gasteiger partial charge in [-0.3, -0.25) is 4.79 Å². The number of alkyl halides is 2. The molecule has 0 aliphatic rings. The van der Waals surface area contributed by atoms with Crippen molar-refractivity contribution in [2.75, 3.05) is 13.1 Å². The Morgan fingerprint density at radius 2 is 2.35 bits per heavy atom. The zero-order valence-electron chi connectivity index (χ0n) is 9.33. The molecular weight excluding hydrogens is 250 g/mol. The Hall–Kier alpha value is -1.21. The summed E-state index contributed by atoms with van der Waals surface area (Å²) in [7, 11) is 0. The van der Waals surface area contributed by atoms with Crippen molar-refractivity contribution in [3.05, 3.63) is 15.8 Å². The van der Waals surface area contributed by atoms with Crippen LogP contribution in [0.15, 0.2) is 6.07 Å². The van der Waals surface area contributed by atoms with Gasteiger partial charge in [-0.05, 0) is 26.0 Å². The monoisotopic (exact) mass is 264 g/mol. The van der Waals surface area contributed by atoms with Crippen LogP contribution in [0.4, 0.5) is 8.78 Å². The van der Waals surface area contributed by atoms with Crippen molar-refractivity contribution >= 4 is 17.2 Å². The molecule has 0 unspecified atom stereocenters. The molecule has 4 nitrogen and oxygen atoms in total. The van der Waals surface area contributed by atoms with Crippen LogP contribution >= 0.6 is 11.3 Å². The average molecular weight is 264 g/mol. The highest BCUT2D eigenvalue weighted by Crippen LogP contribution is 2.29. The first-order valence-corrected chi connectivity index (χ1v) is 5.89. The molecule has 7 heteroatoms. The number of hydrogen-bond acceptors (Lipinski definition) is 4. The van der Waals surface area contributed by atoms with Crippen LogP contribution in [-0.4, -0.2) is 25.6 Å². The van der Waals surface area contributed by atoms with Crippen molar-refractivity contribution in [1.82, 2.24) is 5.32 Å². The molecule has 0 aliphatic carbocycles. The van der Waals surface area contributed by atoms with Crippen molar-refractivity contribution in [2.24, 2.45) is 5.73 Å². The number of aryl methyl sites for hydroxylation is 1. The molecule has 1 aromatic heterocycles. The Bertz CT molecular complexity index is 382. The van der Waals surface area contributed by atoms with Gasteiger partial charge >= 0.3 is 6.61 Å². The summed E-state index contributed by atoms with van der Waals surface area (Å²) in [4.78, 5) is 12.6. The highest BCUT2D eigenvalue weighted by molar-refractivity contribution is 7.14. The fraction of sp³-hybridized carbons (Fsp3) is 0.500. The minimum Gasteiger partial charge on any atom is -0.433 e. The largest absolute Gasteiger partial charge is 0.433 e. The lowest BCUT2D eigenvalue weighted by Crippen LogP contribution is -2.25. The molecule has 0 atom stereocenters. The summed E-state index contributed by atoms with van der Waals surface area (Å²) in [6.07, 6.45) is 0.640. The molecule has 0 saturated heterocycles. The van der Waals surface area contributed by atoms with E-state index < -0.39 is 12.5 Å². The molecule has 1 heterocycles. The normalized spacial score (nSPS) is 10.6. The number of carbonyl (C=O) groups is 1. The van der Waals surface area contributed by atoms with Crippen molar-refractivity contribution in [1.29, 1.82) is 0 Å². The smallest absolute Gasteiger partial charge is 0.387 e. The maximum absolute atomic E-state index is 12.1. The number of amides is 1. The average Bonchev–Trinajstić information content (AvgIpc) is 2.58. The number of halogens is 2. The van der Waals surface area contributed by atoms with Gasteiger partial charge in [-0.2, -0.15) is 8.78 Å². The fourth-order valence-electron chi connectivity index (χ4n) is 1.22. The van der Waals surface area contributed by atoms with Crippen LogP contribution in [0.2, 0.25) is 0 Å². The van der Waals surface area contributed by atoms with E-state index >= 15 is 0 Å². The van der Waals surface area contributed by atoms with E-state index in [0.29, 0.717) is 19.5 Å². The molecule has 1 rings (SSSR count). The maximum atomic E-state index is 12.1. The van der Waals surface area contributed by atoms with Crippen molar-refractivity contribution < 1.29 is 18.3 Å². The molecule has 17 heavy (non-hydrogen) atoms. The number of ether oxygens (including phenoxy) is 1. The van der Waals surface area contributed by atoms with Crippen molar-refractivity contribution in [3.8, 4) is 5.75 Å². The quantitative estimate of drug-likeness (QED) is 0.769. The fourth-order valence-corrected chi connectivity index (χ4v) is 2.08. The summed E-state index contributed by atoms with van der Waals surface area (Å²) in [5.74, 6) is -0.486. The van der Waals surface area contributed by atoms with E-state index in [4.69, 9.17) is 5.73 Å². The van der Waals surface area contributed by atoms with Gasteiger partial charge in [-0.25, -0.2) is 0 Å². The van der Waals surface area contributed by atoms with E-state index in [1.807, 2.05) is 0 Å². The van der Waals surface area contributed by atoms with Crippen LogP contribution in [0, 0.1) is 6.92 Å². The van der Waals surface area contributed by atoms with E-state index in [-0.39, 0.29) is 10.6 Å². The number of thiophene rings is 1. The Balaban J connectivity index is 2.70. The lowest BCUT2D eigenvalue weighted by molar-refractivity contribution is -0.0498. The van der Waals surface area contributed by atoms with Gasteiger partial charge in [0.25, 0.3) is 5.91 Å². The topological polar surface area (TPSA) is 64.3 Å². The third kappa shape index (κ3) is 4.27. The van der Waals surface area contributed by atoms with E-state index in [1.54, 1.807) is 6.92 Å². The summed E-state index contributed by atoms with van der Waals surface area (Å²) < 4.78 is 28.5. The minimum absolute atomic E-state index is 0.0762. The molecule has 1 aromatic rings. The van der Waals surface area contributed by atoms with Crippen LogP contribution in [0.5, 0.6) is 5.75 Å². The Morgan fingerprint density at radius 3 is 2.94 bits per heavy atom. The van der Waals surface area contributed by atoms with E-state index in [2.05, 4.69) is 10.1 Å². The molecule has 0 bridgehead atoms. The van der Waals surface area contributed by atoms with E-state index in [0.717, 1.165) is 16.2 Å². The van der Waals surface area contributed by atoms with Crippen LogP contribution in [-0.2, 0) is 0 Å². The second-order valence-corrected chi connectivity index (χ2v) is 4.58. The molecular formula is C10H14F2N2O2S. The first-order chi connectivity index (χ1) is 8.04. The SMILES string of the molecule is Cc1cc(OC(F)F)c(C(=O)NCCCN)s1. The second-order valence-electron chi connectivity index (χ2n) is 3.33. The molecule has 0 radical (unpaired) electrons. The van der Waals surface area contributed by atoms with Gasteiger partial charge < -0.3 is 15.8 Å². The molecule has 0 fully saturated rings. The molecule has 0 aliphatic heterocycles. The molecule has 0 spiro atoms. The van der Waals surface area contributed by atoms with Crippen LogP contribution in [0.1, 0.15) is 21.0 Å². The predicted molar refractivity (Wildman–Crippen MR) is 61.7 cm³/mol. The first kappa shape index (κ1) is 13.9. The Labute approximate surface area is 102 Å². The van der Waals surface area contributed by atoms with Gasteiger partial charge in [0.1, 0.15) is 10.6 Å². The van der Waals surface area contributed by atoms with Crippen LogP contribution in [0.3, 0.4) is 0 Å². The summed E-state index contributed by atoms with van der Waals surface area (Å²) in [6, 6.07) is 1.43. The van der Waals surface area contributed by atoms with Gasteiger partial charge in [-0.15, -0.1) is 11.3 Å². The minimum atomic E-state index is -2.93. The van der Waals surface area contributed by atoms with Crippen molar-refractivity contribution in [2.45, 2.75) is 20.0 Å². The lowest BCUT2D eigenvalue weighted by atomic mass is 10.3. The van der Waals surface area contributed by atoms with Gasteiger partial charge in [-0.1, -0.05) is 0 Å². The summed E-state index contributed by atoms with van der Waals surface area (Å²) in [6.45, 7) is -0.330. The molecule has 0 aromatic carbocycles. The molecule has 3 N–H and O–H groups in total. The van der Waals surface area contributed by atoms with E-state index in [9.17, 15) is 13.6 Å². The number of rotatable bonds is 6. The van der Waals surface area contributed by atoms with Crippen LogP contribution in [0.25, 0.3) is 0 Å². The number of hydrogen-bond donors (Lipinski definition) is 2. The first-order valence-electron chi connectivity index (χ1n) is 5.08. The number of nitrogens with one attached hydrogen (secondary N) is 1. The number of carbonyl (C=O) groups excluding carboxylic acids is 1. The summed E-state index contributed by atoms with van der Waals surface area (Å²) in [5.41, 5.74) is 5.28. The Morgan fingerprint density at radius 1 is 1.65 bits per heavy atom. The van der Waals surface area contributed by atoms with Crippen molar-refractivity contribution in [3.63, 3.8) is 0 Å². The van der Waals surface area contributed by atoms with Gasteiger partial charge in [0.15, 0.2) is 0 Å². The second kappa shape index (κ2) is 6.51. The predicted octanol–water partition coefficient (Wildman–Crippen LogP) is 1.74. The number of nitrogens with two attached hydrogens (primary N) is 1. The van der Waals surface area contributed by atoms with Crippen LogP contribution < -0.4 is 15.8 Å². The summed E-state index contributed by atoms with van der Waals surface area (Å²) in [5, 5.41) is 2.59. The van der Waals surface area contributed by atoms with Gasteiger partial charge in [0.2, 0.25) is 0 Å². The lowest BCUT2D eigenvalue weighted by Gasteiger charge is -2.06. The molecule has 1 amide bonds.